The fourth-order valence-corrected chi connectivity index (χ4v) is 2.42. The summed E-state index contributed by atoms with van der Waals surface area (Å²) in [4.78, 5) is 13.3. The summed E-state index contributed by atoms with van der Waals surface area (Å²) in [5, 5.41) is 4.86. The molecule has 1 heterocycles. The van der Waals surface area contributed by atoms with Crippen LogP contribution in [-0.2, 0) is 6.54 Å². The van der Waals surface area contributed by atoms with Crippen molar-refractivity contribution in [3.63, 3.8) is 0 Å². The molecule has 0 bridgehead atoms. The highest BCUT2D eigenvalue weighted by molar-refractivity contribution is 7.09. The Morgan fingerprint density at radius 1 is 1.43 bits per heavy atom. The third kappa shape index (κ3) is 4.09. The molecule has 1 aromatic heterocycles. The quantitative estimate of drug-likeness (QED) is 0.849. The number of methoxy groups -OCH3 is 1. The minimum absolute atomic E-state index is 0.137. The van der Waals surface area contributed by atoms with Crippen molar-refractivity contribution in [1.82, 2.24) is 5.32 Å². The highest BCUT2D eigenvalue weighted by Crippen LogP contribution is 2.19. The number of ether oxygens (including phenoxy) is 1. The van der Waals surface area contributed by atoms with Gasteiger partial charge in [-0.1, -0.05) is 17.9 Å². The van der Waals surface area contributed by atoms with Gasteiger partial charge in [-0.05, 0) is 29.6 Å². The molecule has 1 aromatic carbocycles. The molecule has 0 unspecified atom stereocenters. The Morgan fingerprint density at radius 2 is 2.29 bits per heavy atom. The van der Waals surface area contributed by atoms with Crippen LogP contribution in [0.2, 0.25) is 0 Å². The lowest BCUT2D eigenvalue weighted by Gasteiger charge is -2.07. The van der Waals surface area contributed by atoms with E-state index in [0.717, 1.165) is 4.88 Å². The van der Waals surface area contributed by atoms with Gasteiger partial charge in [0, 0.05) is 10.4 Å². The number of thiophene rings is 1. The normalized spacial score (nSPS) is 9.62. The standard InChI is InChI=1S/C16H16N2O2S/c1-20-15-7-6-13(10-12(15)4-2-8-17)16(19)18-11-14-5-3-9-21-14/h3,5-7,9-10H,8,11,17H2,1H3,(H,18,19). The first kappa shape index (κ1) is 15.1. The van der Waals surface area contributed by atoms with Crippen LogP contribution in [0.25, 0.3) is 0 Å². The second kappa shape index (κ2) is 7.48. The number of nitrogens with one attached hydrogen (secondary N) is 1. The van der Waals surface area contributed by atoms with E-state index in [2.05, 4.69) is 17.2 Å². The minimum Gasteiger partial charge on any atom is -0.495 e. The van der Waals surface area contributed by atoms with E-state index in [4.69, 9.17) is 10.5 Å². The Bertz CT molecular complexity index is 669. The first-order valence-electron chi connectivity index (χ1n) is 6.42. The number of amides is 1. The van der Waals surface area contributed by atoms with Crippen molar-refractivity contribution in [3.05, 3.63) is 51.7 Å². The summed E-state index contributed by atoms with van der Waals surface area (Å²) >= 11 is 1.61. The lowest BCUT2D eigenvalue weighted by Crippen LogP contribution is -2.22. The molecule has 0 fully saturated rings. The number of benzene rings is 1. The third-order valence-electron chi connectivity index (χ3n) is 2.79. The van der Waals surface area contributed by atoms with Gasteiger partial charge in [-0.15, -0.1) is 11.3 Å². The molecule has 3 N–H and O–H groups in total. The summed E-state index contributed by atoms with van der Waals surface area (Å²) in [6.45, 7) is 0.782. The molecule has 0 radical (unpaired) electrons. The zero-order valence-corrected chi connectivity index (χ0v) is 12.5. The third-order valence-corrected chi connectivity index (χ3v) is 3.67. The summed E-state index contributed by atoms with van der Waals surface area (Å²) in [5.74, 6) is 6.17. The second-order valence-corrected chi connectivity index (χ2v) is 5.22. The highest BCUT2D eigenvalue weighted by Gasteiger charge is 2.09. The number of carbonyl (C=O) groups is 1. The fourth-order valence-electron chi connectivity index (χ4n) is 1.78. The highest BCUT2D eigenvalue weighted by atomic mass is 32.1. The second-order valence-electron chi connectivity index (χ2n) is 4.18. The summed E-state index contributed by atoms with van der Waals surface area (Å²) in [6.07, 6.45) is 0. The predicted molar refractivity (Wildman–Crippen MR) is 84.4 cm³/mol. The van der Waals surface area contributed by atoms with Gasteiger partial charge in [0.2, 0.25) is 0 Å². The molecule has 2 rings (SSSR count). The molecule has 2 aromatic rings. The summed E-state index contributed by atoms with van der Waals surface area (Å²) in [5.41, 5.74) is 6.58. The van der Waals surface area contributed by atoms with Crippen LogP contribution in [0, 0.1) is 11.8 Å². The van der Waals surface area contributed by atoms with Crippen LogP contribution in [0.1, 0.15) is 20.8 Å². The fraction of sp³-hybridized carbons (Fsp3) is 0.188. The average Bonchev–Trinajstić information content (AvgIpc) is 3.03. The molecular weight excluding hydrogens is 284 g/mol. The van der Waals surface area contributed by atoms with E-state index in [1.54, 1.807) is 36.6 Å². The predicted octanol–water partition coefficient (Wildman–Crippen LogP) is 2.00. The van der Waals surface area contributed by atoms with Crippen molar-refractivity contribution in [1.29, 1.82) is 0 Å². The molecular formula is C16H16N2O2S. The molecule has 0 saturated carbocycles. The van der Waals surface area contributed by atoms with Gasteiger partial charge in [-0.25, -0.2) is 0 Å². The average molecular weight is 300 g/mol. The number of hydrogen-bond donors (Lipinski definition) is 2. The number of rotatable bonds is 4. The number of hydrogen-bond acceptors (Lipinski definition) is 4. The Morgan fingerprint density at radius 3 is 2.95 bits per heavy atom. The maximum Gasteiger partial charge on any atom is 0.251 e. The lowest BCUT2D eigenvalue weighted by molar-refractivity contribution is 0.0951. The number of carbonyl (C=O) groups excluding carboxylic acids is 1. The summed E-state index contributed by atoms with van der Waals surface area (Å²) in [6, 6.07) is 9.11. The van der Waals surface area contributed by atoms with Gasteiger partial charge in [-0.2, -0.15) is 0 Å². The van der Waals surface area contributed by atoms with E-state index < -0.39 is 0 Å². The van der Waals surface area contributed by atoms with E-state index in [9.17, 15) is 4.79 Å². The monoisotopic (exact) mass is 300 g/mol. The van der Waals surface area contributed by atoms with Gasteiger partial charge in [-0.3, -0.25) is 4.79 Å². The van der Waals surface area contributed by atoms with Crippen LogP contribution < -0.4 is 15.8 Å². The van der Waals surface area contributed by atoms with Gasteiger partial charge in [0.05, 0.1) is 25.8 Å². The molecule has 0 aliphatic rings. The molecule has 21 heavy (non-hydrogen) atoms. The maximum absolute atomic E-state index is 12.1. The molecule has 0 atom stereocenters. The molecule has 0 saturated heterocycles. The van der Waals surface area contributed by atoms with Crippen molar-refractivity contribution in [2.45, 2.75) is 6.54 Å². The summed E-state index contributed by atoms with van der Waals surface area (Å²) < 4.78 is 5.22. The lowest BCUT2D eigenvalue weighted by atomic mass is 10.1. The first-order valence-corrected chi connectivity index (χ1v) is 7.30. The zero-order chi connectivity index (χ0) is 15.1. The van der Waals surface area contributed by atoms with Crippen LogP contribution in [0.3, 0.4) is 0 Å². The molecule has 5 heteroatoms. The van der Waals surface area contributed by atoms with Crippen molar-refractivity contribution < 1.29 is 9.53 Å². The molecule has 108 valence electrons. The molecule has 0 spiro atoms. The maximum atomic E-state index is 12.1. The summed E-state index contributed by atoms with van der Waals surface area (Å²) in [7, 11) is 1.57. The zero-order valence-electron chi connectivity index (χ0n) is 11.7. The van der Waals surface area contributed by atoms with Gasteiger partial charge < -0.3 is 15.8 Å². The van der Waals surface area contributed by atoms with Crippen LogP contribution in [-0.4, -0.2) is 19.6 Å². The van der Waals surface area contributed by atoms with Crippen molar-refractivity contribution in [2.75, 3.05) is 13.7 Å². The van der Waals surface area contributed by atoms with Crippen LogP contribution in [0.4, 0.5) is 0 Å². The minimum atomic E-state index is -0.137. The van der Waals surface area contributed by atoms with Crippen LogP contribution >= 0.6 is 11.3 Å². The van der Waals surface area contributed by atoms with Crippen LogP contribution in [0.5, 0.6) is 5.75 Å². The van der Waals surface area contributed by atoms with Crippen molar-refractivity contribution in [3.8, 4) is 17.6 Å². The molecule has 4 nitrogen and oxygen atoms in total. The van der Waals surface area contributed by atoms with E-state index >= 15 is 0 Å². The van der Waals surface area contributed by atoms with E-state index in [1.165, 1.54) is 0 Å². The van der Waals surface area contributed by atoms with E-state index in [0.29, 0.717) is 23.4 Å². The van der Waals surface area contributed by atoms with E-state index in [1.807, 2.05) is 17.5 Å². The largest absolute Gasteiger partial charge is 0.495 e. The Balaban J connectivity index is 2.13. The van der Waals surface area contributed by atoms with Crippen molar-refractivity contribution in [2.24, 2.45) is 5.73 Å². The van der Waals surface area contributed by atoms with Gasteiger partial charge in [0.15, 0.2) is 0 Å². The van der Waals surface area contributed by atoms with Gasteiger partial charge >= 0.3 is 0 Å². The molecule has 0 aliphatic heterocycles. The Kier molecular flexibility index (Phi) is 5.38. The molecule has 1 amide bonds. The SMILES string of the molecule is COc1ccc(C(=O)NCc2cccs2)cc1C#CCN. The molecule has 0 aliphatic carbocycles. The van der Waals surface area contributed by atoms with Crippen molar-refractivity contribution >= 4 is 17.2 Å². The van der Waals surface area contributed by atoms with E-state index in [-0.39, 0.29) is 12.5 Å². The first-order chi connectivity index (χ1) is 10.2. The Labute approximate surface area is 127 Å². The van der Waals surface area contributed by atoms with Crippen LogP contribution in [0.15, 0.2) is 35.7 Å². The Hall–Kier alpha value is -2.29. The topological polar surface area (TPSA) is 64.3 Å². The van der Waals surface area contributed by atoms with Gasteiger partial charge in [0.25, 0.3) is 5.91 Å². The smallest absolute Gasteiger partial charge is 0.251 e. The van der Waals surface area contributed by atoms with Gasteiger partial charge in [0.1, 0.15) is 5.75 Å². The number of nitrogens with two attached hydrogens (primary N) is 1.